The normalized spacial score (nSPS) is 23.3. The predicted octanol–water partition coefficient (Wildman–Crippen LogP) is 1.01. The Kier molecular flexibility index (Phi) is 8.59. The number of nitrogens with one attached hydrogen (secondary N) is 1. The zero-order chi connectivity index (χ0) is 14.8. The molecule has 2 rings (SSSR count). The first-order valence-electron chi connectivity index (χ1n) is 8.65. The van der Waals surface area contributed by atoms with Crippen molar-refractivity contribution in [1.82, 2.24) is 10.2 Å². The molecule has 1 saturated heterocycles. The Morgan fingerprint density at radius 2 is 1.95 bits per heavy atom. The van der Waals surface area contributed by atoms with Gasteiger partial charge in [0.05, 0.1) is 32.0 Å². The smallest absolute Gasteiger partial charge is 0.0897 e. The van der Waals surface area contributed by atoms with Crippen molar-refractivity contribution in [2.24, 2.45) is 0 Å². The Morgan fingerprint density at radius 1 is 1.19 bits per heavy atom. The second-order valence-electron chi connectivity index (χ2n) is 6.26. The first-order chi connectivity index (χ1) is 10.3. The molecule has 1 aliphatic heterocycles. The van der Waals surface area contributed by atoms with Crippen molar-refractivity contribution in [3.8, 4) is 0 Å². The van der Waals surface area contributed by atoms with E-state index in [0.717, 1.165) is 45.8 Å². The quantitative estimate of drug-likeness (QED) is 0.623. The molecule has 124 valence electrons. The van der Waals surface area contributed by atoms with E-state index in [1.807, 2.05) is 0 Å². The average molecular weight is 300 g/mol. The van der Waals surface area contributed by atoms with Gasteiger partial charge in [-0.05, 0) is 32.4 Å². The molecule has 1 heterocycles. The molecular formula is C16H32N2O3. The highest BCUT2D eigenvalue weighted by Gasteiger charge is 2.15. The molecule has 0 aromatic carbocycles. The highest BCUT2D eigenvalue weighted by Crippen LogP contribution is 2.20. The molecule has 1 saturated carbocycles. The molecule has 21 heavy (non-hydrogen) atoms. The van der Waals surface area contributed by atoms with Gasteiger partial charge >= 0.3 is 0 Å². The van der Waals surface area contributed by atoms with E-state index in [1.54, 1.807) is 0 Å². The number of aliphatic hydroxyl groups is 1. The summed E-state index contributed by atoms with van der Waals surface area (Å²) in [4.78, 5) is 2.44. The van der Waals surface area contributed by atoms with Crippen molar-refractivity contribution in [2.45, 2.75) is 50.7 Å². The van der Waals surface area contributed by atoms with Crippen LogP contribution in [0, 0.1) is 0 Å². The maximum Gasteiger partial charge on any atom is 0.0897 e. The highest BCUT2D eigenvalue weighted by molar-refractivity contribution is 4.67. The summed E-state index contributed by atoms with van der Waals surface area (Å²) < 4.78 is 11.1. The molecule has 2 N–H and O–H groups in total. The summed E-state index contributed by atoms with van der Waals surface area (Å²) in [6.07, 6.45) is 7.36. The number of aliphatic hydroxyl groups excluding tert-OH is 1. The molecule has 0 bridgehead atoms. The summed E-state index contributed by atoms with van der Waals surface area (Å²) in [6, 6.07) is 0. The predicted molar refractivity (Wildman–Crippen MR) is 83.6 cm³/mol. The minimum Gasteiger partial charge on any atom is -0.389 e. The first kappa shape index (κ1) is 17.2. The molecule has 1 atom stereocenters. The molecular weight excluding hydrogens is 268 g/mol. The van der Waals surface area contributed by atoms with E-state index in [0.29, 0.717) is 19.3 Å². The summed E-state index contributed by atoms with van der Waals surface area (Å²) in [5, 5.41) is 13.2. The Morgan fingerprint density at radius 3 is 2.71 bits per heavy atom. The van der Waals surface area contributed by atoms with Crippen LogP contribution in [-0.2, 0) is 9.47 Å². The van der Waals surface area contributed by atoms with Crippen LogP contribution < -0.4 is 5.32 Å². The minimum atomic E-state index is -0.379. The first-order valence-corrected chi connectivity index (χ1v) is 8.65. The third-order valence-corrected chi connectivity index (χ3v) is 4.39. The number of nitrogens with zero attached hydrogens (tertiary/aromatic N) is 1. The Balaban J connectivity index is 1.40. The van der Waals surface area contributed by atoms with Crippen LogP contribution in [0.5, 0.6) is 0 Å². The van der Waals surface area contributed by atoms with E-state index >= 15 is 0 Å². The van der Waals surface area contributed by atoms with Crippen molar-refractivity contribution in [1.29, 1.82) is 0 Å². The second-order valence-corrected chi connectivity index (χ2v) is 6.26. The molecule has 2 fully saturated rings. The van der Waals surface area contributed by atoms with Gasteiger partial charge in [-0.2, -0.15) is 0 Å². The Bertz CT molecular complexity index is 254. The standard InChI is InChI=1S/C16H32N2O3/c19-15(14-21-16-5-2-1-3-6-16)13-17-7-4-8-18-9-11-20-12-10-18/h15-17,19H,1-14H2. The van der Waals surface area contributed by atoms with Gasteiger partial charge in [-0.25, -0.2) is 0 Å². The maximum absolute atomic E-state index is 9.91. The van der Waals surface area contributed by atoms with Crippen LogP contribution in [0.3, 0.4) is 0 Å². The van der Waals surface area contributed by atoms with Gasteiger partial charge in [0, 0.05) is 19.6 Å². The van der Waals surface area contributed by atoms with Crippen molar-refractivity contribution < 1.29 is 14.6 Å². The topological polar surface area (TPSA) is 54.0 Å². The molecule has 0 spiro atoms. The van der Waals surface area contributed by atoms with E-state index in [4.69, 9.17) is 9.47 Å². The van der Waals surface area contributed by atoms with Gasteiger partial charge in [0.15, 0.2) is 0 Å². The van der Waals surface area contributed by atoms with Crippen LogP contribution >= 0.6 is 0 Å². The lowest BCUT2D eigenvalue weighted by atomic mass is 9.98. The summed E-state index contributed by atoms with van der Waals surface area (Å²) in [5.41, 5.74) is 0. The van der Waals surface area contributed by atoms with Crippen LogP contribution in [0.2, 0.25) is 0 Å². The number of hydrogen-bond acceptors (Lipinski definition) is 5. The minimum absolute atomic E-state index is 0.379. The SMILES string of the molecule is OC(CNCCCN1CCOCC1)COC1CCCCC1. The monoisotopic (exact) mass is 300 g/mol. The number of rotatable bonds is 9. The average Bonchev–Trinajstić information content (AvgIpc) is 2.54. The molecule has 0 amide bonds. The van der Waals surface area contributed by atoms with Crippen LogP contribution in [0.4, 0.5) is 0 Å². The van der Waals surface area contributed by atoms with E-state index in [9.17, 15) is 5.11 Å². The lowest BCUT2D eigenvalue weighted by Gasteiger charge is -2.26. The highest BCUT2D eigenvalue weighted by atomic mass is 16.5. The zero-order valence-corrected chi connectivity index (χ0v) is 13.3. The van der Waals surface area contributed by atoms with E-state index in [2.05, 4.69) is 10.2 Å². The van der Waals surface area contributed by atoms with Crippen molar-refractivity contribution >= 4 is 0 Å². The second kappa shape index (κ2) is 10.5. The molecule has 0 radical (unpaired) electrons. The molecule has 0 aromatic rings. The van der Waals surface area contributed by atoms with Gasteiger partial charge in [0.2, 0.25) is 0 Å². The van der Waals surface area contributed by atoms with Crippen molar-refractivity contribution in [2.75, 3.05) is 52.5 Å². The molecule has 5 heteroatoms. The van der Waals surface area contributed by atoms with Crippen LogP contribution in [-0.4, -0.2) is 74.8 Å². The Hall–Kier alpha value is -0.200. The van der Waals surface area contributed by atoms with Gasteiger partial charge in [-0.1, -0.05) is 19.3 Å². The summed E-state index contributed by atoms with van der Waals surface area (Å²) in [5.74, 6) is 0. The zero-order valence-electron chi connectivity index (χ0n) is 13.3. The molecule has 0 aromatic heterocycles. The summed E-state index contributed by atoms with van der Waals surface area (Å²) >= 11 is 0. The fourth-order valence-corrected chi connectivity index (χ4v) is 3.06. The summed E-state index contributed by atoms with van der Waals surface area (Å²) in [7, 11) is 0. The number of hydrogen-bond donors (Lipinski definition) is 2. The molecule has 5 nitrogen and oxygen atoms in total. The van der Waals surface area contributed by atoms with Gasteiger partial charge in [-0.15, -0.1) is 0 Å². The van der Waals surface area contributed by atoms with E-state index < -0.39 is 0 Å². The van der Waals surface area contributed by atoms with E-state index in [-0.39, 0.29) is 6.10 Å². The van der Waals surface area contributed by atoms with Gasteiger partial charge in [0.1, 0.15) is 0 Å². The maximum atomic E-state index is 9.91. The number of morpholine rings is 1. The van der Waals surface area contributed by atoms with Gasteiger partial charge in [-0.3, -0.25) is 4.90 Å². The third kappa shape index (κ3) is 7.56. The van der Waals surface area contributed by atoms with Crippen molar-refractivity contribution in [3.63, 3.8) is 0 Å². The molecule has 1 aliphatic carbocycles. The van der Waals surface area contributed by atoms with Crippen LogP contribution in [0.1, 0.15) is 38.5 Å². The molecule has 2 aliphatic rings. The fourth-order valence-electron chi connectivity index (χ4n) is 3.06. The van der Waals surface area contributed by atoms with Gasteiger partial charge < -0.3 is 19.9 Å². The summed E-state index contributed by atoms with van der Waals surface area (Å²) in [6.45, 7) is 7.02. The van der Waals surface area contributed by atoms with Crippen LogP contribution in [0.25, 0.3) is 0 Å². The molecule has 1 unspecified atom stereocenters. The number of ether oxygens (including phenoxy) is 2. The van der Waals surface area contributed by atoms with Crippen molar-refractivity contribution in [3.05, 3.63) is 0 Å². The largest absolute Gasteiger partial charge is 0.389 e. The third-order valence-electron chi connectivity index (χ3n) is 4.39. The van der Waals surface area contributed by atoms with E-state index in [1.165, 1.54) is 32.1 Å². The van der Waals surface area contributed by atoms with Gasteiger partial charge in [0.25, 0.3) is 0 Å². The Labute approximate surface area is 129 Å². The fraction of sp³-hybridized carbons (Fsp3) is 1.00. The lowest BCUT2D eigenvalue weighted by Crippen LogP contribution is -2.38. The van der Waals surface area contributed by atoms with Crippen LogP contribution in [0.15, 0.2) is 0 Å². The lowest BCUT2D eigenvalue weighted by molar-refractivity contribution is -0.0229.